The van der Waals surface area contributed by atoms with Crippen LogP contribution in [0.3, 0.4) is 0 Å². The minimum atomic E-state index is -0.726. The van der Waals surface area contributed by atoms with Crippen molar-refractivity contribution in [2.24, 2.45) is 5.73 Å². The van der Waals surface area contributed by atoms with Gasteiger partial charge in [-0.3, -0.25) is 0 Å². The van der Waals surface area contributed by atoms with Gasteiger partial charge in [0.15, 0.2) is 0 Å². The van der Waals surface area contributed by atoms with Gasteiger partial charge in [0, 0.05) is 24.8 Å². The Labute approximate surface area is 100 Å². The molecule has 1 aromatic rings. The molecule has 1 rings (SSSR count). The second-order valence-corrected chi connectivity index (χ2v) is 3.89. The van der Waals surface area contributed by atoms with Crippen molar-refractivity contribution >= 4 is 0 Å². The van der Waals surface area contributed by atoms with Crippen molar-refractivity contribution in [3.8, 4) is 5.75 Å². The number of ether oxygens (including phenoxy) is 2. The lowest BCUT2D eigenvalue weighted by molar-refractivity contribution is 0.0325. The molecule has 0 saturated heterocycles. The van der Waals surface area contributed by atoms with E-state index in [0.29, 0.717) is 11.3 Å². The highest BCUT2D eigenvalue weighted by Gasteiger charge is 2.09. The van der Waals surface area contributed by atoms with E-state index in [1.165, 1.54) is 13.2 Å². The van der Waals surface area contributed by atoms with Crippen LogP contribution < -0.4 is 10.5 Å². The van der Waals surface area contributed by atoms with Gasteiger partial charge in [0.1, 0.15) is 24.3 Å². The summed E-state index contributed by atoms with van der Waals surface area (Å²) in [4.78, 5) is 0. The predicted molar refractivity (Wildman–Crippen MR) is 62.4 cm³/mol. The van der Waals surface area contributed by atoms with E-state index in [2.05, 4.69) is 0 Å². The molecule has 96 valence electrons. The predicted octanol–water partition coefficient (Wildman–Crippen LogP) is 1.23. The molecule has 0 aliphatic heterocycles. The molecule has 3 N–H and O–H groups in total. The molecule has 0 aliphatic rings. The van der Waals surface area contributed by atoms with E-state index in [0.717, 1.165) is 0 Å². The molecule has 0 fully saturated rings. The molecule has 0 aliphatic carbocycles. The van der Waals surface area contributed by atoms with E-state index in [1.54, 1.807) is 19.1 Å². The largest absolute Gasteiger partial charge is 0.491 e. The lowest BCUT2D eigenvalue weighted by Gasteiger charge is -2.13. The van der Waals surface area contributed by atoms with Gasteiger partial charge in [-0.05, 0) is 13.0 Å². The van der Waals surface area contributed by atoms with Crippen molar-refractivity contribution in [1.82, 2.24) is 0 Å². The van der Waals surface area contributed by atoms with Gasteiger partial charge in [0.2, 0.25) is 0 Å². The average Bonchev–Trinajstić information content (AvgIpc) is 2.26. The van der Waals surface area contributed by atoms with Crippen LogP contribution in [-0.2, 0) is 4.74 Å². The summed E-state index contributed by atoms with van der Waals surface area (Å²) in [6.45, 7) is 1.95. The molecular weight excluding hydrogens is 225 g/mol. The van der Waals surface area contributed by atoms with E-state index in [-0.39, 0.29) is 19.3 Å². The van der Waals surface area contributed by atoms with Gasteiger partial charge in [-0.2, -0.15) is 0 Å². The lowest BCUT2D eigenvalue weighted by Crippen LogP contribution is -2.22. The lowest BCUT2D eigenvalue weighted by atomic mass is 10.1. The fourth-order valence-electron chi connectivity index (χ4n) is 1.40. The molecule has 0 aromatic heterocycles. The first-order chi connectivity index (χ1) is 8.04. The summed E-state index contributed by atoms with van der Waals surface area (Å²) in [5.41, 5.74) is 6.03. The van der Waals surface area contributed by atoms with Crippen molar-refractivity contribution in [3.63, 3.8) is 0 Å². The Kier molecular flexibility index (Phi) is 5.34. The topological polar surface area (TPSA) is 64.7 Å². The number of aliphatic hydroxyl groups excluding tert-OH is 1. The van der Waals surface area contributed by atoms with Gasteiger partial charge < -0.3 is 20.3 Å². The Hall–Kier alpha value is -1.17. The fourth-order valence-corrected chi connectivity index (χ4v) is 1.40. The summed E-state index contributed by atoms with van der Waals surface area (Å²) >= 11 is 0. The van der Waals surface area contributed by atoms with Crippen LogP contribution in [-0.4, -0.2) is 31.5 Å². The highest BCUT2D eigenvalue weighted by atomic mass is 19.1. The van der Waals surface area contributed by atoms with Crippen molar-refractivity contribution in [1.29, 1.82) is 0 Å². The SMILES string of the molecule is COCC(O)COc1ccc(C(C)N)c(F)c1. The second-order valence-electron chi connectivity index (χ2n) is 3.89. The van der Waals surface area contributed by atoms with E-state index >= 15 is 0 Å². The van der Waals surface area contributed by atoms with Crippen LogP contribution in [0.5, 0.6) is 5.75 Å². The Morgan fingerprint density at radius 3 is 2.65 bits per heavy atom. The number of hydrogen-bond donors (Lipinski definition) is 2. The van der Waals surface area contributed by atoms with Crippen molar-refractivity contribution in [2.45, 2.75) is 19.1 Å². The second kappa shape index (κ2) is 6.54. The molecule has 0 bridgehead atoms. The van der Waals surface area contributed by atoms with Gasteiger partial charge in [-0.25, -0.2) is 4.39 Å². The van der Waals surface area contributed by atoms with E-state index in [1.807, 2.05) is 0 Å². The van der Waals surface area contributed by atoms with Crippen LogP contribution in [0.1, 0.15) is 18.5 Å². The molecule has 0 heterocycles. The third-order valence-electron chi connectivity index (χ3n) is 2.26. The summed E-state index contributed by atoms with van der Waals surface area (Å²) in [7, 11) is 1.49. The Morgan fingerprint density at radius 1 is 1.41 bits per heavy atom. The van der Waals surface area contributed by atoms with Crippen LogP contribution >= 0.6 is 0 Å². The maximum atomic E-state index is 13.5. The summed E-state index contributed by atoms with van der Waals surface area (Å²) in [5.74, 6) is -0.0409. The minimum Gasteiger partial charge on any atom is -0.491 e. The van der Waals surface area contributed by atoms with Crippen molar-refractivity contribution < 1.29 is 19.0 Å². The number of rotatable bonds is 6. The molecule has 0 amide bonds. The van der Waals surface area contributed by atoms with Crippen LogP contribution in [0.15, 0.2) is 18.2 Å². The average molecular weight is 243 g/mol. The third-order valence-corrected chi connectivity index (χ3v) is 2.26. The first kappa shape index (κ1) is 13.9. The third kappa shape index (κ3) is 4.30. The fraction of sp³-hybridized carbons (Fsp3) is 0.500. The molecule has 0 spiro atoms. The maximum Gasteiger partial charge on any atom is 0.131 e. The van der Waals surface area contributed by atoms with E-state index < -0.39 is 11.9 Å². The van der Waals surface area contributed by atoms with Gasteiger partial charge in [-0.1, -0.05) is 6.07 Å². The number of nitrogens with two attached hydrogens (primary N) is 1. The normalized spacial score (nSPS) is 14.4. The molecule has 17 heavy (non-hydrogen) atoms. The first-order valence-electron chi connectivity index (χ1n) is 5.39. The minimum absolute atomic E-state index is 0.0603. The molecular formula is C12H18FNO3. The van der Waals surface area contributed by atoms with Gasteiger partial charge in [0.25, 0.3) is 0 Å². The van der Waals surface area contributed by atoms with Crippen LogP contribution in [0.4, 0.5) is 4.39 Å². The van der Waals surface area contributed by atoms with Crippen LogP contribution in [0, 0.1) is 5.82 Å². The van der Waals surface area contributed by atoms with E-state index in [9.17, 15) is 9.50 Å². The molecule has 2 atom stereocenters. The quantitative estimate of drug-likeness (QED) is 0.788. The summed E-state index contributed by atoms with van der Waals surface area (Å²) < 4.78 is 23.5. The zero-order chi connectivity index (χ0) is 12.8. The Bertz CT molecular complexity index is 358. The zero-order valence-electron chi connectivity index (χ0n) is 10.0. The molecule has 2 unspecified atom stereocenters. The number of benzene rings is 1. The first-order valence-corrected chi connectivity index (χ1v) is 5.39. The van der Waals surface area contributed by atoms with Gasteiger partial charge in [0.05, 0.1) is 6.61 Å². The monoisotopic (exact) mass is 243 g/mol. The highest BCUT2D eigenvalue weighted by molar-refractivity contribution is 5.30. The smallest absolute Gasteiger partial charge is 0.131 e. The van der Waals surface area contributed by atoms with Crippen LogP contribution in [0.25, 0.3) is 0 Å². The standard InChI is InChI=1S/C12H18FNO3/c1-8(14)11-4-3-10(5-12(11)13)17-7-9(15)6-16-2/h3-5,8-9,15H,6-7,14H2,1-2H3. The highest BCUT2D eigenvalue weighted by Crippen LogP contribution is 2.20. The van der Waals surface area contributed by atoms with Gasteiger partial charge in [-0.15, -0.1) is 0 Å². The summed E-state index contributed by atoms with van der Waals surface area (Å²) in [6.07, 6.45) is -0.726. The number of hydrogen-bond acceptors (Lipinski definition) is 4. The van der Waals surface area contributed by atoms with Crippen molar-refractivity contribution in [3.05, 3.63) is 29.6 Å². The Balaban J connectivity index is 2.58. The van der Waals surface area contributed by atoms with Crippen molar-refractivity contribution in [2.75, 3.05) is 20.3 Å². The molecule has 0 radical (unpaired) electrons. The number of aliphatic hydroxyl groups is 1. The summed E-state index contributed by atoms with van der Waals surface area (Å²) in [6, 6.07) is 4.11. The van der Waals surface area contributed by atoms with Gasteiger partial charge >= 0.3 is 0 Å². The number of halogens is 1. The van der Waals surface area contributed by atoms with E-state index in [4.69, 9.17) is 15.2 Å². The Morgan fingerprint density at radius 2 is 2.12 bits per heavy atom. The number of methoxy groups -OCH3 is 1. The molecule has 0 saturated carbocycles. The molecule has 1 aromatic carbocycles. The zero-order valence-corrected chi connectivity index (χ0v) is 10.0. The molecule has 5 heteroatoms. The van der Waals surface area contributed by atoms with Crippen LogP contribution in [0.2, 0.25) is 0 Å². The summed E-state index contributed by atoms with van der Waals surface area (Å²) in [5, 5.41) is 9.36. The molecule has 4 nitrogen and oxygen atoms in total. The maximum absolute atomic E-state index is 13.5.